The zero-order chi connectivity index (χ0) is 23.7. The Morgan fingerprint density at radius 2 is 1.81 bits per heavy atom. The Labute approximate surface area is 188 Å². The number of alkyl carbamates (subject to hydrolysis) is 1. The van der Waals surface area contributed by atoms with Crippen LogP contribution in [0.1, 0.15) is 45.6 Å². The van der Waals surface area contributed by atoms with Crippen LogP contribution in [0.5, 0.6) is 0 Å². The Kier molecular flexibility index (Phi) is 9.49. The van der Waals surface area contributed by atoms with Gasteiger partial charge in [-0.05, 0) is 37.7 Å². The van der Waals surface area contributed by atoms with Gasteiger partial charge in [0, 0.05) is 18.9 Å². The minimum Gasteiger partial charge on any atom is -0.480 e. The fourth-order valence-corrected chi connectivity index (χ4v) is 3.70. The lowest BCUT2D eigenvalue weighted by molar-refractivity contribution is -0.143. The van der Waals surface area contributed by atoms with E-state index in [0.717, 1.165) is 5.56 Å². The highest BCUT2D eigenvalue weighted by atomic mass is 16.6. The maximum Gasteiger partial charge on any atom is 0.408 e. The number of amides is 3. The molecule has 1 saturated heterocycles. The molecule has 2 rings (SSSR count). The van der Waals surface area contributed by atoms with Crippen molar-refractivity contribution >= 4 is 23.9 Å². The molecule has 1 heterocycles. The number of carbonyl (C=O) groups excluding carboxylic acids is 3. The molecule has 0 bridgehead atoms. The van der Waals surface area contributed by atoms with Crippen molar-refractivity contribution < 1.29 is 29.0 Å². The predicted octanol–water partition coefficient (Wildman–Crippen LogP) is 1.85. The third-order valence-electron chi connectivity index (χ3n) is 5.29. The summed E-state index contributed by atoms with van der Waals surface area (Å²) < 4.78 is 5.39. The third-order valence-corrected chi connectivity index (χ3v) is 5.29. The summed E-state index contributed by atoms with van der Waals surface area (Å²) in [5.41, 5.74) is 1.02. The van der Waals surface area contributed by atoms with E-state index in [9.17, 15) is 24.3 Å². The smallest absolute Gasteiger partial charge is 0.408 e. The fraction of sp³-hybridized carbons (Fsp3) is 0.565. The van der Waals surface area contributed by atoms with Crippen molar-refractivity contribution in [2.45, 2.75) is 64.6 Å². The Morgan fingerprint density at radius 1 is 1.12 bits per heavy atom. The Bertz CT molecular complexity index is 798. The molecule has 176 valence electrons. The van der Waals surface area contributed by atoms with Crippen LogP contribution in [0.4, 0.5) is 4.79 Å². The van der Waals surface area contributed by atoms with E-state index in [1.165, 1.54) is 0 Å². The number of carboxylic acid groups (broad SMARTS) is 1. The predicted molar refractivity (Wildman–Crippen MR) is 118 cm³/mol. The lowest BCUT2D eigenvalue weighted by atomic mass is 9.97. The average Bonchev–Trinajstić information content (AvgIpc) is 3.11. The average molecular weight is 448 g/mol. The second-order valence-corrected chi connectivity index (χ2v) is 8.64. The topological polar surface area (TPSA) is 134 Å². The molecule has 0 radical (unpaired) electrons. The molecule has 0 aromatic heterocycles. The van der Waals surface area contributed by atoms with Crippen LogP contribution in [0.25, 0.3) is 0 Å². The third kappa shape index (κ3) is 8.20. The molecular weight excluding hydrogens is 414 g/mol. The van der Waals surface area contributed by atoms with Crippen molar-refractivity contribution in [1.82, 2.24) is 16.0 Å². The molecule has 1 aromatic carbocycles. The number of carboxylic acids is 1. The lowest BCUT2D eigenvalue weighted by Gasteiger charge is -2.24. The molecule has 0 spiro atoms. The summed E-state index contributed by atoms with van der Waals surface area (Å²) in [5, 5.41) is 17.2. The van der Waals surface area contributed by atoms with E-state index in [1.54, 1.807) is 6.92 Å². The first-order valence-corrected chi connectivity index (χ1v) is 11.0. The summed E-state index contributed by atoms with van der Waals surface area (Å²) in [6, 6.07) is 7.40. The van der Waals surface area contributed by atoms with E-state index < -0.39 is 42.1 Å². The van der Waals surface area contributed by atoms with Crippen molar-refractivity contribution in [2.24, 2.45) is 11.8 Å². The number of benzene rings is 1. The van der Waals surface area contributed by atoms with Gasteiger partial charge in [-0.2, -0.15) is 0 Å². The summed E-state index contributed by atoms with van der Waals surface area (Å²) in [6.07, 6.45) is 0.214. The van der Waals surface area contributed by atoms with E-state index in [1.807, 2.05) is 44.2 Å². The number of rotatable bonds is 11. The molecule has 0 aliphatic carbocycles. The molecule has 0 saturated carbocycles. The molecule has 1 aromatic rings. The van der Waals surface area contributed by atoms with Crippen LogP contribution in [-0.4, -0.2) is 53.7 Å². The van der Waals surface area contributed by atoms with Crippen molar-refractivity contribution in [3.8, 4) is 0 Å². The summed E-state index contributed by atoms with van der Waals surface area (Å²) >= 11 is 0. The zero-order valence-corrected chi connectivity index (χ0v) is 18.8. The molecule has 3 amide bonds. The molecule has 9 heteroatoms. The maximum absolute atomic E-state index is 12.8. The molecule has 4 N–H and O–H groups in total. The van der Waals surface area contributed by atoms with E-state index in [4.69, 9.17) is 4.74 Å². The SMILES string of the molecule is CC(C)C[C@H](NC(=O)OC(C)Cc1ccccc1)C(=O)N[C@@H](CC1CCNC1=O)C(=O)O. The minimum atomic E-state index is -1.22. The molecule has 2 unspecified atom stereocenters. The first-order chi connectivity index (χ1) is 15.2. The molecule has 9 nitrogen and oxygen atoms in total. The second-order valence-electron chi connectivity index (χ2n) is 8.64. The van der Waals surface area contributed by atoms with Crippen molar-refractivity contribution in [1.29, 1.82) is 0 Å². The van der Waals surface area contributed by atoms with Gasteiger partial charge in [-0.15, -0.1) is 0 Å². The normalized spacial score (nSPS) is 18.4. The summed E-state index contributed by atoms with van der Waals surface area (Å²) in [4.78, 5) is 48.7. The van der Waals surface area contributed by atoms with Gasteiger partial charge in [-0.25, -0.2) is 9.59 Å². The minimum absolute atomic E-state index is 0.000138. The first-order valence-electron chi connectivity index (χ1n) is 11.0. The van der Waals surface area contributed by atoms with E-state index in [2.05, 4.69) is 16.0 Å². The second kappa shape index (κ2) is 12.1. The van der Waals surface area contributed by atoms with Gasteiger partial charge >= 0.3 is 12.1 Å². The van der Waals surface area contributed by atoms with Gasteiger partial charge in [0.2, 0.25) is 11.8 Å². The van der Waals surface area contributed by atoms with Crippen molar-refractivity contribution in [3.05, 3.63) is 35.9 Å². The van der Waals surface area contributed by atoms with E-state index in [0.29, 0.717) is 25.8 Å². The van der Waals surface area contributed by atoms with Crippen LogP contribution >= 0.6 is 0 Å². The van der Waals surface area contributed by atoms with E-state index in [-0.39, 0.29) is 18.2 Å². The van der Waals surface area contributed by atoms with E-state index >= 15 is 0 Å². The molecule has 1 aliphatic rings. The van der Waals surface area contributed by atoms with Gasteiger partial charge in [0.15, 0.2) is 0 Å². The van der Waals surface area contributed by atoms with Gasteiger partial charge in [-0.3, -0.25) is 9.59 Å². The lowest BCUT2D eigenvalue weighted by Crippen LogP contribution is -2.53. The van der Waals surface area contributed by atoms with Gasteiger partial charge in [0.05, 0.1) is 0 Å². The highest BCUT2D eigenvalue weighted by Crippen LogP contribution is 2.17. The van der Waals surface area contributed by atoms with Crippen LogP contribution in [0.15, 0.2) is 30.3 Å². The van der Waals surface area contributed by atoms with Crippen molar-refractivity contribution in [2.75, 3.05) is 6.54 Å². The molecule has 1 aliphatic heterocycles. The van der Waals surface area contributed by atoms with Gasteiger partial charge in [0.1, 0.15) is 18.2 Å². The monoisotopic (exact) mass is 447 g/mol. The van der Waals surface area contributed by atoms with Crippen LogP contribution in [0, 0.1) is 11.8 Å². The molecule has 32 heavy (non-hydrogen) atoms. The number of hydrogen-bond acceptors (Lipinski definition) is 5. The number of nitrogens with one attached hydrogen (secondary N) is 3. The first kappa shape index (κ1) is 25.2. The van der Waals surface area contributed by atoms with Crippen molar-refractivity contribution in [3.63, 3.8) is 0 Å². The van der Waals surface area contributed by atoms with Gasteiger partial charge in [-0.1, -0.05) is 44.2 Å². The highest BCUT2D eigenvalue weighted by Gasteiger charge is 2.33. The van der Waals surface area contributed by atoms with Crippen LogP contribution in [0.3, 0.4) is 0 Å². The molecule has 4 atom stereocenters. The number of aliphatic carboxylic acids is 1. The van der Waals surface area contributed by atoms with Crippen LogP contribution in [-0.2, 0) is 25.5 Å². The summed E-state index contributed by atoms with van der Waals surface area (Å²) in [6.45, 7) is 6.04. The van der Waals surface area contributed by atoms with Crippen LogP contribution in [0.2, 0.25) is 0 Å². The molecular formula is C23H33N3O6. The summed E-state index contributed by atoms with van der Waals surface area (Å²) in [5.74, 6) is -2.44. The summed E-state index contributed by atoms with van der Waals surface area (Å²) in [7, 11) is 0. The maximum atomic E-state index is 12.8. The zero-order valence-electron chi connectivity index (χ0n) is 18.8. The number of hydrogen-bond donors (Lipinski definition) is 4. The fourth-order valence-electron chi connectivity index (χ4n) is 3.70. The largest absolute Gasteiger partial charge is 0.480 e. The molecule has 1 fully saturated rings. The highest BCUT2D eigenvalue weighted by molar-refractivity contribution is 5.90. The van der Waals surface area contributed by atoms with Gasteiger partial charge in [0.25, 0.3) is 0 Å². The quantitative estimate of drug-likeness (QED) is 0.409. The standard InChI is InChI=1S/C23H33N3O6/c1-14(2)11-18(26-23(31)32-15(3)12-16-7-5-4-6-8-16)21(28)25-19(22(29)30)13-17-9-10-24-20(17)27/h4-8,14-15,17-19H,9-13H2,1-3H3,(H,24,27)(H,25,28)(H,26,31)(H,29,30)/t15?,17?,18-,19-/m0/s1. The van der Waals surface area contributed by atoms with Crippen LogP contribution < -0.4 is 16.0 Å². The Morgan fingerprint density at radius 3 is 2.38 bits per heavy atom. The number of ether oxygens (including phenoxy) is 1. The Hall–Kier alpha value is -3.10. The van der Waals surface area contributed by atoms with Gasteiger partial charge < -0.3 is 25.8 Å². The Balaban J connectivity index is 1.95. The number of carbonyl (C=O) groups is 4.